The highest BCUT2D eigenvalue weighted by Gasteiger charge is 2.40. The fraction of sp³-hybridized carbons (Fsp3) is 0.235. The third-order valence-electron chi connectivity index (χ3n) is 3.44. The fourth-order valence-electron chi connectivity index (χ4n) is 2.21. The molecule has 0 aliphatic carbocycles. The second-order valence-corrected chi connectivity index (χ2v) is 8.30. The number of carbonyl (C=O) groups excluding carboxylic acids is 1. The summed E-state index contributed by atoms with van der Waals surface area (Å²) in [6.45, 7) is 3.93. The molecule has 0 fully saturated rings. The summed E-state index contributed by atoms with van der Waals surface area (Å²) in [6.07, 6.45) is 1.67. The van der Waals surface area contributed by atoms with Crippen molar-refractivity contribution in [3.05, 3.63) is 53.3 Å². The van der Waals surface area contributed by atoms with Gasteiger partial charge in [-0.15, -0.1) is 11.3 Å². The van der Waals surface area contributed by atoms with E-state index in [4.69, 9.17) is 16.3 Å². The third kappa shape index (κ3) is 3.41. The van der Waals surface area contributed by atoms with Gasteiger partial charge in [-0.3, -0.25) is 9.78 Å². The number of nitrogens with zero attached hydrogens (tertiary/aromatic N) is 2. The Morgan fingerprint density at radius 2 is 2.21 bits per heavy atom. The monoisotopic (exact) mass is 378 g/mol. The zero-order valence-corrected chi connectivity index (χ0v) is 15.5. The van der Waals surface area contributed by atoms with Gasteiger partial charge in [0.15, 0.2) is 9.09 Å². The van der Waals surface area contributed by atoms with E-state index in [9.17, 15) is 4.79 Å². The Labute approximate surface area is 153 Å². The molecule has 3 aromatic rings. The molecule has 7 heteroatoms. The number of hydrogen-bond acceptors (Lipinski definition) is 6. The standard InChI is InChI=1S/C17H15ClN2O2S2/c1-3-22-15(21)17(2,14-6-4-5-9-19-14)24-16-20-12-10-11(18)7-8-13(12)23-16/h4-10H,3H2,1-2H3. The van der Waals surface area contributed by atoms with Crippen LogP contribution in [0.3, 0.4) is 0 Å². The minimum Gasteiger partial charge on any atom is -0.465 e. The van der Waals surface area contributed by atoms with Crippen LogP contribution in [0.5, 0.6) is 0 Å². The predicted molar refractivity (Wildman–Crippen MR) is 98.7 cm³/mol. The average molecular weight is 379 g/mol. The van der Waals surface area contributed by atoms with Crippen molar-refractivity contribution in [1.82, 2.24) is 9.97 Å². The lowest BCUT2D eigenvalue weighted by Gasteiger charge is -2.24. The van der Waals surface area contributed by atoms with Crippen LogP contribution in [0.4, 0.5) is 0 Å². The van der Waals surface area contributed by atoms with E-state index in [0.29, 0.717) is 17.3 Å². The minimum absolute atomic E-state index is 0.317. The molecule has 2 aromatic heterocycles. The van der Waals surface area contributed by atoms with E-state index >= 15 is 0 Å². The van der Waals surface area contributed by atoms with Crippen LogP contribution in [0, 0.1) is 0 Å². The van der Waals surface area contributed by atoms with E-state index in [1.165, 1.54) is 23.1 Å². The first-order valence-electron chi connectivity index (χ1n) is 7.37. The van der Waals surface area contributed by atoms with Crippen molar-refractivity contribution in [2.75, 3.05) is 6.61 Å². The SMILES string of the molecule is CCOC(=O)C(C)(Sc1nc2cc(Cl)ccc2s1)c1ccccn1. The molecule has 0 bridgehead atoms. The average Bonchev–Trinajstić information content (AvgIpc) is 2.96. The van der Waals surface area contributed by atoms with E-state index < -0.39 is 4.75 Å². The van der Waals surface area contributed by atoms with Crippen LogP contribution in [-0.2, 0) is 14.3 Å². The van der Waals surface area contributed by atoms with Gasteiger partial charge in [-0.1, -0.05) is 29.4 Å². The van der Waals surface area contributed by atoms with Gasteiger partial charge in [0.2, 0.25) is 0 Å². The summed E-state index contributed by atoms with van der Waals surface area (Å²) >= 11 is 8.89. The van der Waals surface area contributed by atoms with E-state index in [0.717, 1.165) is 14.6 Å². The molecule has 24 heavy (non-hydrogen) atoms. The minimum atomic E-state index is -0.963. The Balaban J connectivity index is 2.00. The number of ether oxygens (including phenoxy) is 1. The molecule has 124 valence electrons. The number of thiazole rings is 1. The Morgan fingerprint density at radius 1 is 1.38 bits per heavy atom. The smallest absolute Gasteiger partial charge is 0.328 e. The summed E-state index contributed by atoms with van der Waals surface area (Å²) in [4.78, 5) is 21.6. The molecule has 0 aliphatic heterocycles. The molecule has 0 amide bonds. The van der Waals surface area contributed by atoms with Crippen LogP contribution in [0.25, 0.3) is 10.2 Å². The maximum absolute atomic E-state index is 12.6. The number of carbonyl (C=O) groups is 1. The normalized spacial score (nSPS) is 13.6. The van der Waals surface area contributed by atoms with Crippen LogP contribution < -0.4 is 0 Å². The second kappa shape index (κ2) is 7.09. The molecule has 1 unspecified atom stereocenters. The van der Waals surface area contributed by atoms with Crippen molar-refractivity contribution in [2.24, 2.45) is 0 Å². The summed E-state index contributed by atoms with van der Waals surface area (Å²) in [7, 11) is 0. The van der Waals surface area contributed by atoms with E-state index in [1.807, 2.05) is 43.3 Å². The van der Waals surface area contributed by atoms with Gasteiger partial charge < -0.3 is 4.74 Å². The highest BCUT2D eigenvalue weighted by atomic mass is 35.5. The van der Waals surface area contributed by atoms with Crippen molar-refractivity contribution >= 4 is 50.9 Å². The van der Waals surface area contributed by atoms with Crippen LogP contribution >= 0.6 is 34.7 Å². The Bertz CT molecular complexity index is 869. The number of thioether (sulfide) groups is 1. The lowest BCUT2D eigenvalue weighted by molar-refractivity contribution is -0.145. The van der Waals surface area contributed by atoms with Gasteiger partial charge >= 0.3 is 5.97 Å². The van der Waals surface area contributed by atoms with Crippen LogP contribution in [0.1, 0.15) is 19.5 Å². The lowest BCUT2D eigenvalue weighted by atomic mass is 10.1. The summed E-state index contributed by atoms with van der Waals surface area (Å²) in [6, 6.07) is 11.1. The fourth-order valence-corrected chi connectivity index (χ4v) is 4.85. The molecule has 2 heterocycles. The molecular weight excluding hydrogens is 364 g/mol. The van der Waals surface area contributed by atoms with Gasteiger partial charge in [-0.2, -0.15) is 0 Å². The van der Waals surface area contributed by atoms with Gasteiger partial charge in [0.25, 0.3) is 0 Å². The zero-order chi connectivity index (χ0) is 17.2. The molecule has 0 radical (unpaired) electrons. The summed E-state index contributed by atoms with van der Waals surface area (Å²) < 4.78 is 6.11. The van der Waals surface area contributed by atoms with Gasteiger partial charge in [0.1, 0.15) is 0 Å². The first-order chi connectivity index (χ1) is 11.5. The Hall–Kier alpha value is -1.63. The number of rotatable bonds is 5. The number of esters is 1. The van der Waals surface area contributed by atoms with Crippen LogP contribution in [-0.4, -0.2) is 22.5 Å². The van der Waals surface area contributed by atoms with Crippen LogP contribution in [0.2, 0.25) is 5.02 Å². The maximum atomic E-state index is 12.6. The molecule has 0 aliphatic rings. The largest absolute Gasteiger partial charge is 0.465 e. The molecule has 3 rings (SSSR count). The van der Waals surface area contributed by atoms with Crippen molar-refractivity contribution in [3.8, 4) is 0 Å². The van der Waals surface area contributed by atoms with Gasteiger partial charge in [-0.05, 0) is 44.2 Å². The Morgan fingerprint density at radius 3 is 2.92 bits per heavy atom. The number of halogens is 1. The lowest BCUT2D eigenvalue weighted by Crippen LogP contribution is -2.32. The van der Waals surface area contributed by atoms with Crippen molar-refractivity contribution in [2.45, 2.75) is 22.9 Å². The predicted octanol–water partition coefficient (Wildman–Crippen LogP) is 4.92. The van der Waals surface area contributed by atoms with Gasteiger partial charge in [-0.25, -0.2) is 4.98 Å². The van der Waals surface area contributed by atoms with Crippen LogP contribution in [0.15, 0.2) is 46.9 Å². The van der Waals surface area contributed by atoms with E-state index in [1.54, 1.807) is 13.1 Å². The first kappa shape index (κ1) is 17.2. The topological polar surface area (TPSA) is 52.1 Å². The number of hydrogen-bond donors (Lipinski definition) is 0. The molecule has 0 saturated carbocycles. The molecule has 0 N–H and O–H groups in total. The summed E-state index contributed by atoms with van der Waals surface area (Å²) in [5.74, 6) is -0.328. The zero-order valence-electron chi connectivity index (χ0n) is 13.2. The highest BCUT2D eigenvalue weighted by Crippen LogP contribution is 2.44. The molecular formula is C17H15ClN2O2S2. The van der Waals surface area contributed by atoms with Gasteiger partial charge in [0, 0.05) is 11.2 Å². The number of aromatic nitrogens is 2. The molecule has 1 atom stereocenters. The number of fused-ring (bicyclic) bond motifs is 1. The third-order valence-corrected chi connectivity index (χ3v) is 6.06. The highest BCUT2D eigenvalue weighted by molar-refractivity contribution is 8.02. The van der Waals surface area contributed by atoms with Gasteiger partial charge in [0.05, 0.1) is 22.5 Å². The quantitative estimate of drug-likeness (QED) is 0.466. The van der Waals surface area contributed by atoms with Crippen molar-refractivity contribution in [1.29, 1.82) is 0 Å². The summed E-state index contributed by atoms with van der Waals surface area (Å²) in [5, 5.41) is 0.641. The number of pyridine rings is 1. The number of benzene rings is 1. The van der Waals surface area contributed by atoms with Crippen molar-refractivity contribution in [3.63, 3.8) is 0 Å². The van der Waals surface area contributed by atoms with E-state index in [-0.39, 0.29) is 5.97 Å². The molecule has 1 aromatic carbocycles. The molecule has 0 saturated heterocycles. The second-order valence-electron chi connectivity index (χ2n) is 5.16. The first-order valence-corrected chi connectivity index (χ1v) is 9.38. The molecule has 4 nitrogen and oxygen atoms in total. The Kier molecular flexibility index (Phi) is 5.08. The maximum Gasteiger partial charge on any atom is 0.328 e. The molecule has 0 spiro atoms. The van der Waals surface area contributed by atoms with E-state index in [2.05, 4.69) is 9.97 Å². The summed E-state index contributed by atoms with van der Waals surface area (Å²) in [5.41, 5.74) is 1.47. The van der Waals surface area contributed by atoms with Crippen molar-refractivity contribution < 1.29 is 9.53 Å².